The van der Waals surface area contributed by atoms with E-state index in [2.05, 4.69) is 116 Å². The van der Waals surface area contributed by atoms with Gasteiger partial charge in [0.25, 0.3) is 0 Å². The van der Waals surface area contributed by atoms with Gasteiger partial charge in [-0.3, -0.25) is 4.57 Å². The average molecular weight is 501 g/mol. The Morgan fingerprint density at radius 1 is 0.618 bits per heavy atom. The molecule has 0 aromatic heterocycles. The van der Waals surface area contributed by atoms with Crippen molar-refractivity contribution in [3.05, 3.63) is 66.7 Å². The van der Waals surface area contributed by atoms with Crippen molar-refractivity contribution < 1.29 is 4.57 Å². The van der Waals surface area contributed by atoms with Crippen LogP contribution in [0, 0.1) is 11.8 Å². The molecule has 0 aliphatic rings. The van der Waals surface area contributed by atoms with Crippen molar-refractivity contribution in [1.29, 1.82) is 0 Å². The molecule has 3 aromatic rings. The van der Waals surface area contributed by atoms with E-state index in [0.29, 0.717) is 16.9 Å². The molecule has 1 nitrogen and oxygen atoms in total. The van der Waals surface area contributed by atoms with E-state index in [1.54, 1.807) is 0 Å². The largest absolute Gasteiger partial charge is 0.269 e. The fourth-order valence-corrected chi connectivity index (χ4v) is 6.70. The van der Waals surface area contributed by atoms with E-state index in [0.717, 1.165) is 41.0 Å². The van der Waals surface area contributed by atoms with Crippen molar-refractivity contribution in [2.24, 2.45) is 11.8 Å². The van der Waals surface area contributed by atoms with Crippen LogP contribution in [0.1, 0.15) is 55.4 Å². The fourth-order valence-electron chi connectivity index (χ4n) is 3.54. The summed E-state index contributed by atoms with van der Waals surface area (Å²) in [5, 5.41) is 4.20. The summed E-state index contributed by atoms with van der Waals surface area (Å²) in [6, 6.07) is 24.1. The zero-order valence-electron chi connectivity index (χ0n) is 21.9. The Kier molecular flexibility index (Phi) is 8.55. The molecule has 0 amide bonds. The molecule has 0 atom stereocenters. The smallest absolute Gasteiger partial charge is 0.192 e. The molecule has 4 heteroatoms. The summed E-state index contributed by atoms with van der Waals surface area (Å²) >= 11 is 0. The van der Waals surface area contributed by atoms with Gasteiger partial charge in [0.2, 0.25) is 0 Å². The lowest BCUT2D eigenvalue weighted by atomic mass is 9.99. The van der Waals surface area contributed by atoms with Crippen LogP contribution in [-0.4, -0.2) is 19.0 Å². The Balaban J connectivity index is 1.87. The van der Waals surface area contributed by atoms with Crippen molar-refractivity contribution >= 4 is 43.2 Å². The van der Waals surface area contributed by atoms with Gasteiger partial charge in [-0.15, -0.1) is 0 Å². The van der Waals surface area contributed by atoms with E-state index in [9.17, 15) is 4.57 Å². The highest BCUT2D eigenvalue weighted by Gasteiger charge is 2.24. The lowest BCUT2D eigenvalue weighted by Gasteiger charge is -2.28. The number of rotatable bonds is 9. The Bertz CT molecular complexity index is 1110. The Labute approximate surface area is 213 Å². The van der Waals surface area contributed by atoms with Gasteiger partial charge in [-0.05, 0) is 56.3 Å². The van der Waals surface area contributed by atoms with Gasteiger partial charge < -0.3 is 0 Å². The van der Waals surface area contributed by atoms with Crippen LogP contribution in [0.5, 0.6) is 0 Å². The summed E-state index contributed by atoms with van der Waals surface area (Å²) in [6.45, 7) is 18.6. The van der Waals surface area contributed by atoms with Gasteiger partial charge in [-0.1, -0.05) is 120 Å². The second-order valence-electron chi connectivity index (χ2n) is 11.0. The lowest BCUT2D eigenvalue weighted by Crippen LogP contribution is -2.29. The van der Waals surface area contributed by atoms with Gasteiger partial charge in [-0.25, -0.2) is 0 Å². The standard InChI is InChI=1S/C30H37OPSi2/c1-20(2)29(5,6)33-25-14-9-22(10-15-25)24-13-18-28(32-31)27(19-24)23-11-16-26(17-12-23)34-30(7,8)21(3)4/h9-21H,1-8H3. The Hall–Kier alpha value is -1.81. The molecular formula is C30H37OPSi2. The van der Waals surface area contributed by atoms with Crippen LogP contribution in [0.3, 0.4) is 0 Å². The minimum atomic E-state index is 0.0558. The fraction of sp³-hybridized carbons (Fsp3) is 0.400. The highest BCUT2D eigenvalue weighted by atomic mass is 31.1. The molecule has 4 radical (unpaired) electrons. The van der Waals surface area contributed by atoms with Crippen LogP contribution in [0.4, 0.5) is 0 Å². The average Bonchev–Trinajstić information content (AvgIpc) is 2.79. The normalized spacial score (nSPS) is 12.6. The summed E-state index contributed by atoms with van der Waals surface area (Å²) in [6.07, 6.45) is 0. The molecule has 3 aromatic carbocycles. The first-order chi connectivity index (χ1) is 15.9. The van der Waals surface area contributed by atoms with Crippen molar-refractivity contribution in [3.8, 4) is 22.3 Å². The summed E-state index contributed by atoms with van der Waals surface area (Å²) in [5.74, 6) is 1.28. The van der Waals surface area contributed by atoms with Crippen molar-refractivity contribution in [2.45, 2.75) is 65.5 Å². The minimum Gasteiger partial charge on any atom is -0.269 e. The monoisotopic (exact) mass is 500 g/mol. The maximum atomic E-state index is 11.9. The molecule has 0 saturated heterocycles. The summed E-state index contributed by atoms with van der Waals surface area (Å²) < 4.78 is 11.9. The van der Waals surface area contributed by atoms with Crippen LogP contribution in [-0.2, 0) is 4.57 Å². The van der Waals surface area contributed by atoms with E-state index in [1.165, 1.54) is 15.9 Å². The molecule has 0 bridgehead atoms. The zero-order valence-corrected chi connectivity index (χ0v) is 24.8. The minimum absolute atomic E-state index is 0.0558. The van der Waals surface area contributed by atoms with Crippen LogP contribution < -0.4 is 15.7 Å². The number of benzene rings is 3. The molecule has 0 spiro atoms. The first-order valence-electron chi connectivity index (χ1n) is 12.2. The van der Waals surface area contributed by atoms with E-state index in [4.69, 9.17) is 0 Å². The van der Waals surface area contributed by atoms with E-state index < -0.39 is 0 Å². The van der Waals surface area contributed by atoms with E-state index in [-0.39, 0.29) is 13.5 Å². The molecule has 0 aliphatic heterocycles. The summed E-state index contributed by atoms with van der Waals surface area (Å²) in [7, 11) is 1.61. The van der Waals surface area contributed by atoms with Gasteiger partial charge in [0, 0.05) is 0 Å². The third kappa shape index (κ3) is 6.44. The van der Waals surface area contributed by atoms with Crippen LogP contribution in [0.15, 0.2) is 66.7 Å². The predicted octanol–water partition coefficient (Wildman–Crippen LogP) is 7.31. The number of hydrogen-bond acceptors (Lipinski definition) is 1. The highest BCUT2D eigenvalue weighted by Crippen LogP contribution is 2.34. The van der Waals surface area contributed by atoms with Crippen molar-refractivity contribution in [1.82, 2.24) is 0 Å². The van der Waals surface area contributed by atoms with Gasteiger partial charge >= 0.3 is 0 Å². The summed E-state index contributed by atoms with van der Waals surface area (Å²) in [4.78, 5) is 0. The SMILES string of the molecule is CC(C)C(C)(C)[Si]c1ccc(-c2ccc(P=O)c(-c3ccc([Si]C(C)(C)C(C)C)cc3)c2)cc1. The maximum absolute atomic E-state index is 11.9. The molecule has 0 N–H and O–H groups in total. The van der Waals surface area contributed by atoms with Crippen LogP contribution >= 0.6 is 8.46 Å². The first-order valence-corrected chi connectivity index (χ1v) is 15.0. The predicted molar refractivity (Wildman–Crippen MR) is 153 cm³/mol. The van der Waals surface area contributed by atoms with Crippen LogP contribution in [0.25, 0.3) is 22.3 Å². The van der Waals surface area contributed by atoms with E-state index >= 15 is 0 Å². The molecule has 0 unspecified atom stereocenters. The van der Waals surface area contributed by atoms with Crippen LogP contribution in [0.2, 0.25) is 10.1 Å². The second-order valence-corrected chi connectivity index (χ2v) is 15.9. The van der Waals surface area contributed by atoms with Gasteiger partial charge in [0.15, 0.2) is 8.46 Å². The first kappa shape index (κ1) is 26.8. The quantitative estimate of drug-likeness (QED) is 0.222. The molecule has 0 aliphatic carbocycles. The summed E-state index contributed by atoms with van der Waals surface area (Å²) in [5.41, 5.74) is 4.52. The Morgan fingerprint density at radius 2 is 1.03 bits per heavy atom. The molecule has 0 saturated carbocycles. The topological polar surface area (TPSA) is 17.1 Å². The third-order valence-corrected chi connectivity index (χ3v) is 11.6. The Morgan fingerprint density at radius 3 is 1.44 bits per heavy atom. The van der Waals surface area contributed by atoms with Gasteiger partial charge in [0.05, 0.1) is 24.3 Å². The number of hydrogen-bond donors (Lipinski definition) is 0. The van der Waals surface area contributed by atoms with Gasteiger partial charge in [-0.2, -0.15) is 0 Å². The molecule has 3 rings (SSSR count). The molecule has 0 fully saturated rings. The third-order valence-electron chi connectivity index (χ3n) is 7.33. The molecular weight excluding hydrogens is 463 g/mol. The van der Waals surface area contributed by atoms with Crippen molar-refractivity contribution in [3.63, 3.8) is 0 Å². The highest BCUT2D eigenvalue weighted by molar-refractivity contribution is 7.34. The molecule has 176 valence electrons. The molecule has 34 heavy (non-hydrogen) atoms. The maximum Gasteiger partial charge on any atom is 0.192 e. The second kappa shape index (κ2) is 10.9. The van der Waals surface area contributed by atoms with Crippen molar-refractivity contribution in [2.75, 3.05) is 0 Å². The lowest BCUT2D eigenvalue weighted by molar-refractivity contribution is 0.476. The molecule has 0 heterocycles. The zero-order chi connectivity index (χ0) is 25.1. The van der Waals surface area contributed by atoms with E-state index in [1.807, 2.05) is 6.07 Å². The van der Waals surface area contributed by atoms with Gasteiger partial charge in [0.1, 0.15) is 0 Å².